The third-order valence-corrected chi connectivity index (χ3v) is 9.56. The van der Waals surface area contributed by atoms with E-state index < -0.39 is 63.8 Å². The van der Waals surface area contributed by atoms with Gasteiger partial charge in [0, 0.05) is 30.4 Å². The average Bonchev–Trinajstić information content (AvgIpc) is 2.97. The third kappa shape index (κ3) is 5.31. The number of phenols is 1. The number of hydrogen-bond donors (Lipinski definition) is 6. The van der Waals surface area contributed by atoms with Crippen molar-refractivity contribution >= 4 is 29.1 Å². The number of carbonyl (C=O) groups excluding carboxylic acids is 4. The van der Waals surface area contributed by atoms with E-state index in [0.29, 0.717) is 30.0 Å². The molecule has 2 aromatic carbocycles. The maximum atomic E-state index is 14.0. The van der Waals surface area contributed by atoms with Crippen LogP contribution in [-0.4, -0.2) is 49.4 Å². The lowest BCUT2D eigenvalue weighted by atomic mass is 9.54. The molecule has 1 fully saturated rings. The number of aliphatic hydroxyl groups excluding tert-OH is 2. The summed E-state index contributed by atoms with van der Waals surface area (Å²) in [7, 11) is 0. The van der Waals surface area contributed by atoms with Crippen molar-refractivity contribution in [2.75, 3.05) is 0 Å². The number of Topliss-reactive ketones (excluding diaryl/α,β-unsaturated/α-hetero) is 2. The first-order valence-electron chi connectivity index (χ1n) is 15.4. The molecule has 3 aliphatic carbocycles. The molecular formula is C35H40N2O8. The molecule has 10 heteroatoms. The van der Waals surface area contributed by atoms with Crippen LogP contribution in [0.4, 0.5) is 0 Å². The van der Waals surface area contributed by atoms with Crippen LogP contribution in [0, 0.1) is 29.6 Å². The highest BCUT2D eigenvalue weighted by Crippen LogP contribution is 2.55. The van der Waals surface area contributed by atoms with Crippen LogP contribution in [0.25, 0.3) is 16.9 Å². The quantitative estimate of drug-likeness (QED) is 0.240. The van der Waals surface area contributed by atoms with Crippen molar-refractivity contribution in [3.8, 4) is 16.9 Å². The molecule has 0 aliphatic heterocycles. The standard InChI is InChI=1S/C35H40N2O8/c1-16(2)5-12-25(39)37-15-18-6-8-19(9-7-18)21-10-11-24(38)28-22(21)13-20-14-23-26(17(3)4)30(40)29(34(36)44)33(43)35(23,45)32(42)27(20)31(28)41/h6-11,16-17,20,23,26,38,41,43,45H,5,12-15H2,1-4H3,(H2,36,44)(H,37,39)/t20-,23-,26-,35-/m0/s1. The van der Waals surface area contributed by atoms with Crippen molar-refractivity contribution < 1.29 is 39.6 Å². The third-order valence-electron chi connectivity index (χ3n) is 9.56. The number of fused-ring (bicyclic) bond motifs is 3. The van der Waals surface area contributed by atoms with E-state index in [2.05, 4.69) is 19.2 Å². The molecule has 0 unspecified atom stereocenters. The van der Waals surface area contributed by atoms with Gasteiger partial charge in [-0.15, -0.1) is 0 Å². The van der Waals surface area contributed by atoms with E-state index in [-0.39, 0.29) is 35.6 Å². The first kappa shape index (κ1) is 32.0. The molecule has 1 saturated carbocycles. The van der Waals surface area contributed by atoms with Gasteiger partial charge < -0.3 is 31.5 Å². The minimum atomic E-state index is -2.64. The molecule has 4 atom stereocenters. The van der Waals surface area contributed by atoms with Gasteiger partial charge in [-0.25, -0.2) is 0 Å². The molecule has 3 aliphatic rings. The van der Waals surface area contributed by atoms with E-state index in [4.69, 9.17) is 5.73 Å². The molecular weight excluding hydrogens is 576 g/mol. The summed E-state index contributed by atoms with van der Waals surface area (Å²) in [5.74, 6) is -7.55. The fourth-order valence-electron chi connectivity index (χ4n) is 7.27. The zero-order valence-corrected chi connectivity index (χ0v) is 25.9. The molecule has 0 aromatic heterocycles. The summed E-state index contributed by atoms with van der Waals surface area (Å²) in [5.41, 5.74) is 4.81. The van der Waals surface area contributed by atoms with Crippen LogP contribution in [0.1, 0.15) is 63.6 Å². The fraction of sp³-hybridized carbons (Fsp3) is 0.429. The molecule has 0 saturated heterocycles. The molecule has 0 radical (unpaired) electrons. The Kier molecular flexibility index (Phi) is 8.39. The second-order valence-electron chi connectivity index (χ2n) is 13.2. The number of aromatic hydroxyl groups is 1. The topological polar surface area (TPSA) is 187 Å². The van der Waals surface area contributed by atoms with Gasteiger partial charge >= 0.3 is 0 Å². The zero-order chi connectivity index (χ0) is 33.0. The van der Waals surface area contributed by atoms with Crippen molar-refractivity contribution in [3.05, 3.63) is 70.0 Å². The van der Waals surface area contributed by atoms with Crippen LogP contribution in [0.3, 0.4) is 0 Å². The summed E-state index contributed by atoms with van der Waals surface area (Å²) in [4.78, 5) is 51.7. The lowest BCUT2D eigenvalue weighted by Gasteiger charge is -2.50. The second-order valence-corrected chi connectivity index (χ2v) is 13.2. The molecule has 5 rings (SSSR count). The molecule has 0 bridgehead atoms. The van der Waals surface area contributed by atoms with E-state index >= 15 is 0 Å². The second kappa shape index (κ2) is 11.8. The summed E-state index contributed by atoms with van der Waals surface area (Å²) in [6, 6.07) is 10.7. The molecule has 0 heterocycles. The first-order valence-corrected chi connectivity index (χ1v) is 15.4. The van der Waals surface area contributed by atoms with Gasteiger partial charge in [0.2, 0.25) is 11.7 Å². The summed E-state index contributed by atoms with van der Waals surface area (Å²) in [6.45, 7) is 7.97. The monoisotopic (exact) mass is 616 g/mol. The number of nitrogens with one attached hydrogen (secondary N) is 1. The van der Waals surface area contributed by atoms with Crippen molar-refractivity contribution in [3.63, 3.8) is 0 Å². The summed E-state index contributed by atoms with van der Waals surface area (Å²) >= 11 is 0. The Labute approximate surface area is 261 Å². The number of primary amides is 1. The van der Waals surface area contributed by atoms with Crippen LogP contribution in [0.5, 0.6) is 5.75 Å². The van der Waals surface area contributed by atoms with Crippen molar-refractivity contribution in [1.29, 1.82) is 0 Å². The molecule has 2 amide bonds. The Morgan fingerprint density at radius 2 is 1.69 bits per heavy atom. The van der Waals surface area contributed by atoms with Crippen molar-refractivity contribution in [2.45, 2.75) is 65.5 Å². The molecule has 238 valence electrons. The van der Waals surface area contributed by atoms with Crippen LogP contribution >= 0.6 is 0 Å². The number of benzene rings is 2. The van der Waals surface area contributed by atoms with Gasteiger partial charge in [0.05, 0.1) is 5.56 Å². The van der Waals surface area contributed by atoms with E-state index in [1.165, 1.54) is 6.07 Å². The van der Waals surface area contributed by atoms with Gasteiger partial charge in [0.15, 0.2) is 11.4 Å². The smallest absolute Gasteiger partial charge is 0.255 e. The highest BCUT2D eigenvalue weighted by atomic mass is 16.3. The first-order chi connectivity index (χ1) is 21.2. The minimum Gasteiger partial charge on any atom is -0.508 e. The van der Waals surface area contributed by atoms with Crippen LogP contribution in [-0.2, 0) is 32.1 Å². The number of nitrogens with two attached hydrogens (primary N) is 1. The summed E-state index contributed by atoms with van der Waals surface area (Å²) in [6.07, 6.45) is 1.53. The maximum absolute atomic E-state index is 14.0. The van der Waals surface area contributed by atoms with E-state index in [1.54, 1.807) is 19.9 Å². The number of hydrogen-bond acceptors (Lipinski definition) is 8. The molecule has 0 spiro atoms. The largest absolute Gasteiger partial charge is 0.508 e. The molecule has 2 aromatic rings. The molecule has 45 heavy (non-hydrogen) atoms. The molecule has 10 nitrogen and oxygen atoms in total. The minimum absolute atomic E-state index is 0.0126. The van der Waals surface area contributed by atoms with Crippen LogP contribution in [0.15, 0.2) is 53.3 Å². The van der Waals surface area contributed by atoms with Gasteiger partial charge in [-0.1, -0.05) is 58.0 Å². The Morgan fingerprint density at radius 1 is 1.02 bits per heavy atom. The lowest BCUT2D eigenvalue weighted by Crippen LogP contribution is -2.62. The number of carbonyl (C=O) groups is 4. The fourth-order valence-corrected chi connectivity index (χ4v) is 7.27. The SMILES string of the molecule is CC(C)CCC(=O)NCc1ccc(-c2ccc(O)c3c2C[C@H]2C[C@H]4[C@H](C(C)C)C(=O)C(C(N)=O)=C(O)[C@@]4(O)C(=O)C2=C3O)cc1. The summed E-state index contributed by atoms with van der Waals surface area (Å²) in [5, 5.41) is 48.1. The Balaban J connectivity index is 1.53. The van der Waals surface area contributed by atoms with E-state index in [1.807, 2.05) is 24.3 Å². The number of ketones is 2. The van der Waals surface area contributed by atoms with Gasteiger partial charge in [-0.2, -0.15) is 0 Å². The normalized spacial score (nSPS) is 24.5. The average molecular weight is 617 g/mol. The lowest BCUT2D eigenvalue weighted by molar-refractivity contribution is -0.155. The van der Waals surface area contributed by atoms with Crippen molar-refractivity contribution in [1.82, 2.24) is 5.32 Å². The summed E-state index contributed by atoms with van der Waals surface area (Å²) < 4.78 is 0. The van der Waals surface area contributed by atoms with Gasteiger partial charge in [0.1, 0.15) is 22.8 Å². The van der Waals surface area contributed by atoms with E-state index in [9.17, 15) is 39.6 Å². The van der Waals surface area contributed by atoms with Crippen molar-refractivity contribution in [2.24, 2.45) is 35.3 Å². The van der Waals surface area contributed by atoms with E-state index in [0.717, 1.165) is 17.5 Å². The van der Waals surface area contributed by atoms with Gasteiger partial charge in [0.25, 0.3) is 5.91 Å². The predicted octanol–water partition coefficient (Wildman–Crippen LogP) is 4.03. The Bertz CT molecular complexity index is 1650. The Hall–Kier alpha value is -4.44. The van der Waals surface area contributed by atoms with Crippen LogP contribution < -0.4 is 11.1 Å². The van der Waals surface area contributed by atoms with Gasteiger partial charge in [-0.05, 0) is 65.3 Å². The predicted molar refractivity (Wildman–Crippen MR) is 166 cm³/mol. The maximum Gasteiger partial charge on any atom is 0.255 e. The van der Waals surface area contributed by atoms with Gasteiger partial charge in [-0.3, -0.25) is 19.2 Å². The van der Waals surface area contributed by atoms with Crippen LogP contribution in [0.2, 0.25) is 0 Å². The Morgan fingerprint density at radius 3 is 2.29 bits per heavy atom. The molecule has 7 N–H and O–H groups in total. The zero-order valence-electron chi connectivity index (χ0n) is 25.9. The number of aliphatic hydroxyl groups is 3. The highest BCUT2D eigenvalue weighted by Gasteiger charge is 2.64. The number of amides is 2. The highest BCUT2D eigenvalue weighted by molar-refractivity contribution is 6.23. The number of rotatable bonds is 8. The number of phenolic OH excluding ortho intramolecular Hbond substituents is 1.